The Kier molecular flexibility index (Phi) is 8.52. The molecule has 2 aromatic carbocycles. The van der Waals surface area contributed by atoms with Crippen LogP contribution in [0.3, 0.4) is 0 Å². The van der Waals surface area contributed by atoms with Crippen LogP contribution in [0.5, 0.6) is 0 Å². The topological polar surface area (TPSA) is 38.8 Å². The molecule has 2 aromatic rings. The van der Waals surface area contributed by atoms with E-state index in [1.54, 1.807) is 24.3 Å². The molecular weight excluding hydrogens is 446 g/mol. The number of hydrogen-bond acceptors (Lipinski definition) is 4. The number of carbonyl (C=O) groups excluding carboxylic acids is 1. The minimum Gasteiger partial charge on any atom is -0.344 e. The van der Waals surface area contributed by atoms with Crippen molar-refractivity contribution >= 4 is 5.91 Å². The molecule has 2 heterocycles. The number of nitrogens with one attached hydrogen (secondary N) is 1. The highest BCUT2D eigenvalue weighted by Gasteiger charge is 2.32. The summed E-state index contributed by atoms with van der Waals surface area (Å²) in [5.74, 6) is -0.174. The Morgan fingerprint density at radius 3 is 2.03 bits per heavy atom. The molecule has 0 spiro atoms. The lowest BCUT2D eigenvalue weighted by Crippen LogP contribution is -2.59. The number of carbonyl (C=O) groups is 1. The highest BCUT2D eigenvalue weighted by atomic mass is 19.1. The summed E-state index contributed by atoms with van der Waals surface area (Å²) in [4.78, 5) is 20.4. The minimum absolute atomic E-state index is 0.147. The molecule has 0 radical (unpaired) electrons. The van der Waals surface area contributed by atoms with Gasteiger partial charge in [-0.05, 0) is 88.1 Å². The summed E-state index contributed by atoms with van der Waals surface area (Å²) >= 11 is 0. The largest absolute Gasteiger partial charge is 0.344 e. The summed E-state index contributed by atoms with van der Waals surface area (Å²) in [5.41, 5.74) is 1.18. The fraction of sp³-hybridized carbons (Fsp3) is 0.536. The van der Waals surface area contributed by atoms with Gasteiger partial charge >= 0.3 is 0 Å². The highest BCUT2D eigenvalue weighted by molar-refractivity contribution is 5.79. The summed E-state index contributed by atoms with van der Waals surface area (Å²) in [6.45, 7) is 9.99. The van der Waals surface area contributed by atoms with Crippen LogP contribution in [0.2, 0.25) is 0 Å². The number of halogens is 2. The first-order valence-electron chi connectivity index (χ1n) is 12.8. The number of nitrogens with zero attached hydrogens (tertiary/aromatic N) is 3. The summed E-state index contributed by atoms with van der Waals surface area (Å²) < 4.78 is 27.9. The van der Waals surface area contributed by atoms with Crippen LogP contribution < -0.4 is 5.32 Å². The highest BCUT2D eigenvalue weighted by Crippen LogP contribution is 2.25. The van der Waals surface area contributed by atoms with Crippen molar-refractivity contribution in [1.82, 2.24) is 20.0 Å². The van der Waals surface area contributed by atoms with Gasteiger partial charge in [0.25, 0.3) is 0 Å². The van der Waals surface area contributed by atoms with Gasteiger partial charge in [-0.1, -0.05) is 24.3 Å². The fourth-order valence-corrected chi connectivity index (χ4v) is 5.64. The smallest absolute Gasteiger partial charge is 0.234 e. The molecule has 5 nitrogen and oxygen atoms in total. The molecule has 2 aliphatic rings. The maximum atomic E-state index is 14.0. The van der Waals surface area contributed by atoms with E-state index in [0.29, 0.717) is 11.1 Å². The van der Waals surface area contributed by atoms with E-state index in [-0.39, 0.29) is 36.2 Å². The monoisotopic (exact) mass is 484 g/mol. The van der Waals surface area contributed by atoms with E-state index in [0.717, 1.165) is 25.6 Å². The van der Waals surface area contributed by atoms with Gasteiger partial charge in [-0.25, -0.2) is 8.78 Å². The molecule has 0 aromatic heterocycles. The van der Waals surface area contributed by atoms with Gasteiger partial charge in [0, 0.05) is 31.7 Å². The molecule has 1 amide bonds. The molecule has 2 unspecified atom stereocenters. The maximum absolute atomic E-state index is 14.0. The zero-order valence-corrected chi connectivity index (χ0v) is 21.1. The van der Waals surface area contributed by atoms with Crippen LogP contribution in [0.15, 0.2) is 48.5 Å². The summed E-state index contributed by atoms with van der Waals surface area (Å²) in [6.07, 6.45) is 2.51. The number of piperazine rings is 1. The van der Waals surface area contributed by atoms with Gasteiger partial charge in [0.1, 0.15) is 11.6 Å². The van der Waals surface area contributed by atoms with E-state index >= 15 is 0 Å². The van der Waals surface area contributed by atoms with Crippen LogP contribution >= 0.6 is 0 Å². The van der Waals surface area contributed by atoms with E-state index in [1.807, 2.05) is 0 Å². The van der Waals surface area contributed by atoms with Crippen LogP contribution in [0, 0.1) is 17.6 Å². The Morgan fingerprint density at radius 2 is 1.51 bits per heavy atom. The molecule has 1 N–H and O–H groups in total. The third-order valence-corrected chi connectivity index (χ3v) is 7.53. The second kappa shape index (κ2) is 11.6. The first kappa shape index (κ1) is 25.7. The second-order valence-corrected chi connectivity index (χ2v) is 10.4. The number of hydrogen-bond donors (Lipinski definition) is 1. The minimum atomic E-state index is -0.620. The zero-order valence-electron chi connectivity index (χ0n) is 21.1. The van der Waals surface area contributed by atoms with Crippen molar-refractivity contribution < 1.29 is 13.6 Å². The molecule has 4 rings (SSSR count). The lowest BCUT2D eigenvalue weighted by atomic mass is 9.95. The van der Waals surface area contributed by atoms with Gasteiger partial charge in [0.15, 0.2) is 0 Å². The van der Waals surface area contributed by atoms with E-state index in [4.69, 9.17) is 0 Å². The van der Waals surface area contributed by atoms with E-state index in [9.17, 15) is 13.6 Å². The zero-order chi connectivity index (χ0) is 24.9. The molecule has 0 bridgehead atoms. The predicted octanol–water partition coefficient (Wildman–Crippen LogP) is 3.91. The number of piperidine rings is 1. The van der Waals surface area contributed by atoms with Crippen molar-refractivity contribution in [2.45, 2.75) is 44.8 Å². The van der Waals surface area contributed by atoms with Crippen LogP contribution in [-0.4, -0.2) is 79.0 Å². The first-order chi connectivity index (χ1) is 16.8. The van der Waals surface area contributed by atoms with Crippen LogP contribution in [0.4, 0.5) is 8.78 Å². The van der Waals surface area contributed by atoms with Gasteiger partial charge in [-0.2, -0.15) is 0 Å². The molecule has 0 aliphatic carbocycles. The molecule has 2 saturated heterocycles. The molecule has 0 saturated carbocycles. The first-order valence-corrected chi connectivity index (χ1v) is 12.8. The Balaban J connectivity index is 1.39. The molecule has 2 fully saturated rings. The summed E-state index contributed by atoms with van der Waals surface area (Å²) in [5, 5.41) is 3.04. The van der Waals surface area contributed by atoms with Crippen molar-refractivity contribution in [3.8, 4) is 0 Å². The molecule has 190 valence electrons. The van der Waals surface area contributed by atoms with E-state index in [2.05, 4.69) is 40.9 Å². The SMILES string of the molecule is CC1CN(CC2CCN(C)CC2)CC(C)N1CC(=O)NC(c1cccc(F)c1)c1cccc(F)c1. The molecule has 2 atom stereocenters. The van der Waals surface area contributed by atoms with Gasteiger partial charge in [0.2, 0.25) is 5.91 Å². The van der Waals surface area contributed by atoms with Crippen LogP contribution in [0.25, 0.3) is 0 Å². The maximum Gasteiger partial charge on any atom is 0.234 e. The van der Waals surface area contributed by atoms with Crippen LogP contribution in [0.1, 0.15) is 43.9 Å². The van der Waals surface area contributed by atoms with Crippen molar-refractivity contribution in [1.29, 1.82) is 0 Å². The Labute approximate surface area is 208 Å². The number of benzene rings is 2. The fourth-order valence-electron chi connectivity index (χ4n) is 5.64. The Morgan fingerprint density at radius 1 is 0.971 bits per heavy atom. The third-order valence-electron chi connectivity index (χ3n) is 7.53. The van der Waals surface area contributed by atoms with Crippen molar-refractivity contribution in [3.63, 3.8) is 0 Å². The van der Waals surface area contributed by atoms with Gasteiger partial charge in [-0.15, -0.1) is 0 Å². The Hall–Kier alpha value is -2.35. The second-order valence-electron chi connectivity index (χ2n) is 10.4. The predicted molar refractivity (Wildman–Crippen MR) is 135 cm³/mol. The normalized spacial score (nSPS) is 23.0. The number of amides is 1. The standard InChI is InChI=1S/C28H38F2N4O/c1-20-16-33(18-22-10-12-32(3)13-11-22)17-21(2)34(20)19-27(35)31-28(23-6-4-8-25(29)14-23)24-7-5-9-26(30)15-24/h4-9,14-15,20-22,28H,10-13,16-19H2,1-3H3,(H,31,35). The number of rotatable bonds is 7. The Bertz CT molecular complexity index is 937. The molecule has 35 heavy (non-hydrogen) atoms. The quantitative estimate of drug-likeness (QED) is 0.647. The average Bonchev–Trinajstić information content (AvgIpc) is 2.81. The van der Waals surface area contributed by atoms with Crippen LogP contribution in [-0.2, 0) is 4.79 Å². The summed E-state index contributed by atoms with van der Waals surface area (Å²) in [6, 6.07) is 12.1. The lowest BCUT2D eigenvalue weighted by Gasteiger charge is -2.45. The van der Waals surface area contributed by atoms with Crippen molar-refractivity contribution in [2.75, 3.05) is 46.3 Å². The van der Waals surface area contributed by atoms with E-state index < -0.39 is 6.04 Å². The average molecular weight is 485 g/mol. The van der Waals surface area contributed by atoms with E-state index in [1.165, 1.54) is 50.2 Å². The number of likely N-dealkylation sites (tertiary alicyclic amines) is 1. The summed E-state index contributed by atoms with van der Waals surface area (Å²) in [7, 11) is 2.19. The molecule has 2 aliphatic heterocycles. The molecule has 7 heteroatoms. The third kappa shape index (κ3) is 6.87. The van der Waals surface area contributed by atoms with Crippen molar-refractivity contribution in [2.24, 2.45) is 5.92 Å². The lowest BCUT2D eigenvalue weighted by molar-refractivity contribution is -0.125. The van der Waals surface area contributed by atoms with Gasteiger partial charge in [0.05, 0.1) is 12.6 Å². The molecular formula is C28H38F2N4O. The van der Waals surface area contributed by atoms with Gasteiger partial charge in [-0.3, -0.25) is 14.6 Å². The van der Waals surface area contributed by atoms with Gasteiger partial charge < -0.3 is 10.2 Å². The van der Waals surface area contributed by atoms with Crippen molar-refractivity contribution in [3.05, 3.63) is 71.3 Å².